The van der Waals surface area contributed by atoms with E-state index < -0.39 is 11.9 Å². The summed E-state index contributed by atoms with van der Waals surface area (Å²) in [4.78, 5) is 22.1. The van der Waals surface area contributed by atoms with Crippen LogP contribution in [0.5, 0.6) is 0 Å². The van der Waals surface area contributed by atoms with Crippen LogP contribution in [0.25, 0.3) is 6.08 Å². The van der Waals surface area contributed by atoms with Gasteiger partial charge in [-0.2, -0.15) is 0 Å². The molecule has 0 fully saturated rings. The minimum atomic E-state index is -0.508. The number of rotatable bonds is 4. The van der Waals surface area contributed by atoms with Gasteiger partial charge in [0.05, 0.1) is 17.2 Å². The third-order valence-electron chi connectivity index (χ3n) is 2.01. The van der Waals surface area contributed by atoms with Gasteiger partial charge in [0, 0.05) is 6.08 Å². The summed E-state index contributed by atoms with van der Waals surface area (Å²) in [7, 11) is 1.25. The molecule has 0 bridgehead atoms. The van der Waals surface area contributed by atoms with Crippen molar-refractivity contribution in [3.8, 4) is 0 Å². The average Bonchev–Trinajstić information content (AvgIpc) is 2.37. The molecule has 1 aromatic rings. The van der Waals surface area contributed by atoms with Crippen LogP contribution < -0.4 is 5.32 Å². The molecule has 1 N–H and O–H groups in total. The zero-order chi connectivity index (χ0) is 13.5. The number of carbonyl (C=O) groups excluding carboxylic acids is 2. The van der Waals surface area contributed by atoms with E-state index in [1.807, 2.05) is 0 Å². The SMILES string of the molecule is COC(=O)CNC(=O)/C=C/c1ccc(Cl)c(Cl)c1. The molecule has 0 spiro atoms. The van der Waals surface area contributed by atoms with Crippen molar-refractivity contribution in [3.05, 3.63) is 39.9 Å². The molecular weight excluding hydrogens is 277 g/mol. The van der Waals surface area contributed by atoms with E-state index in [0.717, 1.165) is 5.56 Å². The second kappa shape index (κ2) is 7.03. The highest BCUT2D eigenvalue weighted by atomic mass is 35.5. The molecule has 0 aromatic heterocycles. The van der Waals surface area contributed by atoms with Crippen molar-refractivity contribution in [2.45, 2.75) is 0 Å². The Morgan fingerprint density at radius 3 is 2.67 bits per heavy atom. The third-order valence-corrected chi connectivity index (χ3v) is 2.74. The summed E-state index contributed by atoms with van der Waals surface area (Å²) in [6.07, 6.45) is 2.86. The molecule has 18 heavy (non-hydrogen) atoms. The first kappa shape index (κ1) is 14.5. The van der Waals surface area contributed by atoms with Crippen LogP contribution in [-0.4, -0.2) is 25.5 Å². The van der Waals surface area contributed by atoms with Crippen molar-refractivity contribution >= 4 is 41.2 Å². The van der Waals surface area contributed by atoms with Crippen molar-refractivity contribution in [1.82, 2.24) is 5.32 Å². The molecule has 96 valence electrons. The molecule has 1 aromatic carbocycles. The van der Waals surface area contributed by atoms with Crippen molar-refractivity contribution in [2.75, 3.05) is 13.7 Å². The molecule has 0 saturated heterocycles. The minimum Gasteiger partial charge on any atom is -0.468 e. The Hall–Kier alpha value is -1.52. The van der Waals surface area contributed by atoms with Crippen LogP contribution >= 0.6 is 23.2 Å². The van der Waals surface area contributed by atoms with E-state index >= 15 is 0 Å². The van der Waals surface area contributed by atoms with Crippen molar-refractivity contribution in [1.29, 1.82) is 0 Å². The number of nitrogens with one attached hydrogen (secondary N) is 1. The monoisotopic (exact) mass is 287 g/mol. The number of hydrogen-bond acceptors (Lipinski definition) is 3. The number of ether oxygens (including phenoxy) is 1. The second-order valence-electron chi connectivity index (χ2n) is 3.30. The van der Waals surface area contributed by atoms with Gasteiger partial charge in [-0.05, 0) is 23.8 Å². The highest BCUT2D eigenvalue weighted by Crippen LogP contribution is 2.22. The average molecular weight is 288 g/mol. The van der Waals surface area contributed by atoms with Crippen molar-refractivity contribution < 1.29 is 14.3 Å². The molecule has 1 amide bonds. The molecule has 0 aliphatic rings. The summed E-state index contributed by atoms with van der Waals surface area (Å²) < 4.78 is 4.38. The van der Waals surface area contributed by atoms with E-state index in [4.69, 9.17) is 23.2 Å². The minimum absolute atomic E-state index is 0.166. The van der Waals surface area contributed by atoms with E-state index in [9.17, 15) is 9.59 Å². The maximum atomic E-state index is 11.3. The van der Waals surface area contributed by atoms with Gasteiger partial charge in [-0.15, -0.1) is 0 Å². The van der Waals surface area contributed by atoms with Crippen LogP contribution in [0.1, 0.15) is 5.56 Å². The molecule has 1 rings (SSSR count). The van der Waals surface area contributed by atoms with Crippen molar-refractivity contribution in [2.24, 2.45) is 0 Å². The second-order valence-corrected chi connectivity index (χ2v) is 4.12. The molecule has 0 heterocycles. The molecule has 0 aliphatic heterocycles. The lowest BCUT2D eigenvalue weighted by Gasteiger charge is -2.00. The van der Waals surface area contributed by atoms with E-state index in [1.54, 1.807) is 24.3 Å². The Bertz CT molecular complexity index is 486. The molecule has 6 heteroatoms. The smallest absolute Gasteiger partial charge is 0.325 e. The first-order valence-corrected chi connectivity index (χ1v) is 5.76. The molecule has 0 atom stereocenters. The van der Waals surface area contributed by atoms with Crippen LogP contribution in [-0.2, 0) is 14.3 Å². The number of carbonyl (C=O) groups is 2. The van der Waals surface area contributed by atoms with Gasteiger partial charge in [0.2, 0.25) is 5.91 Å². The van der Waals surface area contributed by atoms with Crippen LogP contribution in [0.2, 0.25) is 10.0 Å². The lowest BCUT2D eigenvalue weighted by molar-refractivity contribution is -0.140. The normalized spacial score (nSPS) is 10.4. The van der Waals surface area contributed by atoms with Gasteiger partial charge in [0.1, 0.15) is 6.54 Å². The summed E-state index contributed by atoms with van der Waals surface area (Å²) in [5.74, 6) is -0.905. The van der Waals surface area contributed by atoms with E-state index in [-0.39, 0.29) is 6.54 Å². The highest BCUT2D eigenvalue weighted by molar-refractivity contribution is 6.42. The maximum absolute atomic E-state index is 11.3. The van der Waals surface area contributed by atoms with Gasteiger partial charge in [-0.25, -0.2) is 0 Å². The summed E-state index contributed by atoms with van der Waals surface area (Å²) in [5.41, 5.74) is 0.734. The van der Waals surface area contributed by atoms with Crippen LogP contribution in [0.15, 0.2) is 24.3 Å². The lowest BCUT2D eigenvalue weighted by Crippen LogP contribution is -2.28. The number of benzene rings is 1. The predicted molar refractivity (Wildman–Crippen MR) is 70.5 cm³/mol. The fraction of sp³-hybridized carbons (Fsp3) is 0.167. The fourth-order valence-corrected chi connectivity index (χ4v) is 1.38. The van der Waals surface area contributed by atoms with Crippen LogP contribution in [0.4, 0.5) is 0 Å². The molecule has 4 nitrogen and oxygen atoms in total. The highest BCUT2D eigenvalue weighted by Gasteiger charge is 2.02. The molecule has 0 saturated carbocycles. The van der Waals surface area contributed by atoms with Crippen molar-refractivity contribution in [3.63, 3.8) is 0 Å². The van der Waals surface area contributed by atoms with Gasteiger partial charge in [0.25, 0.3) is 0 Å². The van der Waals surface area contributed by atoms with Gasteiger partial charge in [-0.3, -0.25) is 9.59 Å². The number of esters is 1. The Morgan fingerprint density at radius 2 is 2.06 bits per heavy atom. The first-order valence-electron chi connectivity index (χ1n) is 5.00. The standard InChI is InChI=1S/C12H11Cl2NO3/c1-18-12(17)7-15-11(16)5-3-8-2-4-9(13)10(14)6-8/h2-6H,7H2,1H3,(H,15,16)/b5-3+. The van der Waals surface area contributed by atoms with Gasteiger partial charge < -0.3 is 10.1 Å². The number of amides is 1. The Labute approximate surface area is 115 Å². The first-order chi connectivity index (χ1) is 8.52. The predicted octanol–water partition coefficient (Wildman–Crippen LogP) is 2.30. The van der Waals surface area contributed by atoms with Crippen LogP contribution in [0.3, 0.4) is 0 Å². The number of methoxy groups -OCH3 is 1. The fourth-order valence-electron chi connectivity index (χ4n) is 1.08. The number of halogens is 2. The van der Waals surface area contributed by atoms with E-state index in [2.05, 4.69) is 10.1 Å². The molecule has 0 aliphatic carbocycles. The Balaban J connectivity index is 2.55. The Morgan fingerprint density at radius 1 is 1.33 bits per heavy atom. The zero-order valence-corrected chi connectivity index (χ0v) is 11.1. The van der Waals surface area contributed by atoms with E-state index in [0.29, 0.717) is 10.0 Å². The maximum Gasteiger partial charge on any atom is 0.325 e. The van der Waals surface area contributed by atoms with Crippen LogP contribution in [0, 0.1) is 0 Å². The zero-order valence-electron chi connectivity index (χ0n) is 9.57. The quantitative estimate of drug-likeness (QED) is 0.683. The van der Waals surface area contributed by atoms with Gasteiger partial charge in [-0.1, -0.05) is 29.3 Å². The third kappa shape index (κ3) is 4.77. The largest absolute Gasteiger partial charge is 0.468 e. The Kier molecular flexibility index (Phi) is 5.68. The summed E-state index contributed by atoms with van der Waals surface area (Å²) in [6.45, 7) is -0.166. The lowest BCUT2D eigenvalue weighted by atomic mass is 10.2. The van der Waals surface area contributed by atoms with Gasteiger partial charge >= 0.3 is 5.97 Å². The number of hydrogen-bond donors (Lipinski definition) is 1. The molecule has 0 radical (unpaired) electrons. The molecule has 0 unspecified atom stereocenters. The topological polar surface area (TPSA) is 55.4 Å². The summed E-state index contributed by atoms with van der Waals surface area (Å²) >= 11 is 11.6. The molecular formula is C12H11Cl2NO3. The van der Waals surface area contributed by atoms with E-state index in [1.165, 1.54) is 13.2 Å². The summed E-state index contributed by atoms with van der Waals surface area (Å²) in [6, 6.07) is 4.99. The summed E-state index contributed by atoms with van der Waals surface area (Å²) in [5, 5.41) is 3.23. The van der Waals surface area contributed by atoms with Gasteiger partial charge in [0.15, 0.2) is 0 Å².